The van der Waals surface area contributed by atoms with E-state index < -0.39 is 0 Å². The lowest BCUT2D eigenvalue weighted by atomic mass is 10.2. The Labute approximate surface area is 125 Å². The fourth-order valence-electron chi connectivity index (χ4n) is 2.05. The molecule has 21 heavy (non-hydrogen) atoms. The van der Waals surface area contributed by atoms with Crippen LogP contribution >= 0.6 is 0 Å². The van der Waals surface area contributed by atoms with Crippen LogP contribution in [0.15, 0.2) is 58.8 Å². The molecule has 0 radical (unpaired) electrons. The van der Waals surface area contributed by atoms with Crippen LogP contribution in [0.4, 0.5) is 17.1 Å². The summed E-state index contributed by atoms with van der Waals surface area (Å²) in [6.07, 6.45) is 0. The van der Waals surface area contributed by atoms with Crippen LogP contribution in [0.2, 0.25) is 0 Å². The van der Waals surface area contributed by atoms with E-state index in [4.69, 9.17) is 5.11 Å². The van der Waals surface area contributed by atoms with E-state index in [-0.39, 0.29) is 6.61 Å². The SMILES string of the molecule is CCN(CCO)c1ccc(N=Nc2ccc(C)cc2)cc1. The molecule has 4 nitrogen and oxygen atoms in total. The van der Waals surface area contributed by atoms with Gasteiger partial charge in [0, 0.05) is 18.8 Å². The summed E-state index contributed by atoms with van der Waals surface area (Å²) in [6.45, 7) is 5.78. The number of hydrogen-bond acceptors (Lipinski definition) is 4. The molecule has 0 aromatic heterocycles. The third kappa shape index (κ3) is 4.39. The Kier molecular flexibility index (Phi) is 5.46. The van der Waals surface area contributed by atoms with E-state index in [1.807, 2.05) is 55.5 Å². The highest BCUT2D eigenvalue weighted by atomic mass is 16.3. The van der Waals surface area contributed by atoms with Crippen molar-refractivity contribution < 1.29 is 5.11 Å². The van der Waals surface area contributed by atoms with Gasteiger partial charge >= 0.3 is 0 Å². The Morgan fingerprint density at radius 1 is 0.905 bits per heavy atom. The summed E-state index contributed by atoms with van der Waals surface area (Å²) in [5, 5.41) is 17.5. The van der Waals surface area contributed by atoms with E-state index in [0.29, 0.717) is 6.54 Å². The van der Waals surface area contributed by atoms with Gasteiger partial charge in [-0.25, -0.2) is 0 Å². The molecule has 0 saturated heterocycles. The lowest BCUT2D eigenvalue weighted by Crippen LogP contribution is -2.25. The molecule has 1 N–H and O–H groups in total. The van der Waals surface area contributed by atoms with E-state index in [1.165, 1.54) is 5.56 Å². The van der Waals surface area contributed by atoms with Gasteiger partial charge in [-0.1, -0.05) is 17.7 Å². The molecule has 4 heteroatoms. The van der Waals surface area contributed by atoms with Crippen molar-refractivity contribution in [3.05, 3.63) is 54.1 Å². The standard InChI is InChI=1S/C17H21N3O/c1-3-20(12-13-21)17-10-8-16(9-11-17)19-18-15-6-4-14(2)5-7-15/h4-11,21H,3,12-13H2,1-2H3. The number of rotatable bonds is 6. The van der Waals surface area contributed by atoms with Gasteiger partial charge in [-0.3, -0.25) is 0 Å². The van der Waals surface area contributed by atoms with Crippen LogP contribution in [-0.4, -0.2) is 24.8 Å². The van der Waals surface area contributed by atoms with Crippen molar-refractivity contribution >= 4 is 17.1 Å². The zero-order valence-corrected chi connectivity index (χ0v) is 12.5. The number of anilines is 1. The number of azo groups is 1. The van der Waals surface area contributed by atoms with Crippen LogP contribution in [0.3, 0.4) is 0 Å². The predicted octanol–water partition coefficient (Wildman–Crippen LogP) is 4.23. The maximum Gasteiger partial charge on any atom is 0.0858 e. The summed E-state index contributed by atoms with van der Waals surface area (Å²) in [5.74, 6) is 0. The predicted molar refractivity (Wildman–Crippen MR) is 86.8 cm³/mol. The molecule has 0 saturated carbocycles. The summed E-state index contributed by atoms with van der Waals surface area (Å²) in [7, 11) is 0. The quantitative estimate of drug-likeness (QED) is 0.806. The van der Waals surface area contributed by atoms with Crippen molar-refractivity contribution in [1.82, 2.24) is 0 Å². The summed E-state index contributed by atoms with van der Waals surface area (Å²) < 4.78 is 0. The highest BCUT2D eigenvalue weighted by Gasteiger charge is 2.02. The van der Waals surface area contributed by atoms with Crippen LogP contribution < -0.4 is 4.90 Å². The molecule has 0 aliphatic heterocycles. The lowest BCUT2D eigenvalue weighted by Gasteiger charge is -2.21. The van der Waals surface area contributed by atoms with Gasteiger partial charge in [0.25, 0.3) is 0 Å². The van der Waals surface area contributed by atoms with E-state index in [9.17, 15) is 0 Å². The summed E-state index contributed by atoms with van der Waals surface area (Å²) in [5.41, 5.74) is 3.96. The minimum Gasteiger partial charge on any atom is -0.395 e. The number of nitrogens with zero attached hydrogens (tertiary/aromatic N) is 3. The van der Waals surface area contributed by atoms with E-state index >= 15 is 0 Å². The molecule has 0 atom stereocenters. The Hall–Kier alpha value is -2.20. The van der Waals surface area contributed by atoms with Gasteiger partial charge < -0.3 is 10.0 Å². The maximum atomic E-state index is 9.04. The highest BCUT2D eigenvalue weighted by Crippen LogP contribution is 2.22. The first-order valence-electron chi connectivity index (χ1n) is 7.17. The zero-order valence-electron chi connectivity index (χ0n) is 12.5. The number of aryl methyl sites for hydroxylation is 1. The molecule has 0 fully saturated rings. The van der Waals surface area contributed by atoms with Crippen molar-refractivity contribution in [1.29, 1.82) is 0 Å². The average Bonchev–Trinajstić information content (AvgIpc) is 2.53. The third-order valence-electron chi connectivity index (χ3n) is 3.28. The monoisotopic (exact) mass is 283 g/mol. The molecular weight excluding hydrogens is 262 g/mol. The van der Waals surface area contributed by atoms with Gasteiger partial charge in [0.2, 0.25) is 0 Å². The Balaban J connectivity index is 2.06. The van der Waals surface area contributed by atoms with Gasteiger partial charge in [0.05, 0.1) is 18.0 Å². The van der Waals surface area contributed by atoms with Crippen LogP contribution in [0, 0.1) is 6.92 Å². The second-order valence-electron chi connectivity index (χ2n) is 4.86. The van der Waals surface area contributed by atoms with Crippen LogP contribution in [0.5, 0.6) is 0 Å². The average molecular weight is 283 g/mol. The summed E-state index contributed by atoms with van der Waals surface area (Å²) in [6, 6.07) is 15.8. The molecule has 0 amide bonds. The third-order valence-corrected chi connectivity index (χ3v) is 3.28. The van der Waals surface area contributed by atoms with Crippen molar-refractivity contribution in [2.45, 2.75) is 13.8 Å². The van der Waals surface area contributed by atoms with Crippen LogP contribution in [-0.2, 0) is 0 Å². The van der Waals surface area contributed by atoms with Crippen LogP contribution in [0.25, 0.3) is 0 Å². The minimum absolute atomic E-state index is 0.155. The molecule has 0 aliphatic rings. The molecule has 110 valence electrons. The summed E-state index contributed by atoms with van der Waals surface area (Å²) >= 11 is 0. The first-order chi connectivity index (χ1) is 10.2. The lowest BCUT2D eigenvalue weighted by molar-refractivity contribution is 0.302. The first kappa shape index (κ1) is 15.2. The number of likely N-dealkylation sites (N-methyl/N-ethyl adjacent to an activating group) is 1. The van der Waals surface area contributed by atoms with Gasteiger partial charge in [0.1, 0.15) is 0 Å². The Bertz CT molecular complexity index is 576. The van der Waals surface area contributed by atoms with Gasteiger partial charge in [-0.15, -0.1) is 0 Å². The molecule has 2 rings (SSSR count). The fourth-order valence-corrected chi connectivity index (χ4v) is 2.05. The fraction of sp³-hybridized carbons (Fsp3) is 0.294. The number of benzene rings is 2. The first-order valence-corrected chi connectivity index (χ1v) is 7.17. The second-order valence-corrected chi connectivity index (χ2v) is 4.86. The largest absolute Gasteiger partial charge is 0.395 e. The molecular formula is C17H21N3O. The number of aliphatic hydroxyl groups excluding tert-OH is 1. The van der Waals surface area contributed by atoms with E-state index in [2.05, 4.69) is 22.1 Å². The smallest absolute Gasteiger partial charge is 0.0858 e. The van der Waals surface area contributed by atoms with Crippen molar-refractivity contribution in [2.75, 3.05) is 24.6 Å². The topological polar surface area (TPSA) is 48.2 Å². The molecule has 0 unspecified atom stereocenters. The molecule has 0 heterocycles. The van der Waals surface area contributed by atoms with Gasteiger partial charge in [-0.2, -0.15) is 10.2 Å². The number of hydrogen-bond donors (Lipinski definition) is 1. The highest BCUT2D eigenvalue weighted by molar-refractivity contribution is 5.52. The Morgan fingerprint density at radius 2 is 1.43 bits per heavy atom. The van der Waals surface area contributed by atoms with Gasteiger partial charge in [-0.05, 0) is 50.2 Å². The van der Waals surface area contributed by atoms with Crippen LogP contribution in [0.1, 0.15) is 12.5 Å². The summed E-state index contributed by atoms with van der Waals surface area (Å²) in [4.78, 5) is 2.11. The molecule has 0 aliphatic carbocycles. The normalized spacial score (nSPS) is 11.0. The molecule has 2 aromatic rings. The van der Waals surface area contributed by atoms with Crippen molar-refractivity contribution in [2.24, 2.45) is 10.2 Å². The zero-order chi connectivity index (χ0) is 15.1. The second kappa shape index (κ2) is 7.55. The molecule has 2 aromatic carbocycles. The maximum absolute atomic E-state index is 9.04. The molecule has 0 spiro atoms. The molecule has 0 bridgehead atoms. The van der Waals surface area contributed by atoms with Gasteiger partial charge in [0.15, 0.2) is 0 Å². The van der Waals surface area contributed by atoms with Crippen molar-refractivity contribution in [3.63, 3.8) is 0 Å². The number of aliphatic hydroxyl groups is 1. The van der Waals surface area contributed by atoms with Crippen molar-refractivity contribution in [3.8, 4) is 0 Å². The van der Waals surface area contributed by atoms with E-state index in [1.54, 1.807) is 0 Å². The van der Waals surface area contributed by atoms with E-state index in [0.717, 1.165) is 23.6 Å². The Morgan fingerprint density at radius 3 is 1.90 bits per heavy atom. The minimum atomic E-state index is 0.155.